The van der Waals surface area contributed by atoms with E-state index in [1.165, 1.54) is 5.56 Å². The summed E-state index contributed by atoms with van der Waals surface area (Å²) in [6, 6.07) is 17.9. The molecule has 0 aliphatic carbocycles. The van der Waals surface area contributed by atoms with Gasteiger partial charge in [0.2, 0.25) is 0 Å². The minimum absolute atomic E-state index is 0.0125. The molecule has 22 heavy (non-hydrogen) atoms. The van der Waals surface area contributed by atoms with Gasteiger partial charge in [-0.3, -0.25) is 9.89 Å². The highest BCUT2D eigenvalue weighted by molar-refractivity contribution is 5.65. The fourth-order valence-corrected chi connectivity index (χ4v) is 2.69. The van der Waals surface area contributed by atoms with Gasteiger partial charge in [-0.05, 0) is 31.0 Å². The van der Waals surface area contributed by atoms with Gasteiger partial charge in [0.15, 0.2) is 0 Å². The maximum absolute atomic E-state index is 12.9. The van der Waals surface area contributed by atoms with E-state index in [4.69, 9.17) is 0 Å². The summed E-state index contributed by atoms with van der Waals surface area (Å²) in [4.78, 5) is 12.9. The summed E-state index contributed by atoms with van der Waals surface area (Å²) in [6.07, 6.45) is 1.85. The van der Waals surface area contributed by atoms with E-state index >= 15 is 0 Å². The van der Waals surface area contributed by atoms with Crippen LogP contribution in [-0.4, -0.2) is 9.78 Å². The Morgan fingerprint density at radius 3 is 2.32 bits per heavy atom. The van der Waals surface area contributed by atoms with Gasteiger partial charge in [0.05, 0.1) is 11.3 Å². The number of hydrogen-bond donors (Lipinski definition) is 1. The Labute approximate surface area is 130 Å². The molecule has 3 nitrogen and oxygen atoms in total. The van der Waals surface area contributed by atoms with Crippen molar-refractivity contribution in [2.24, 2.45) is 0 Å². The molecule has 0 bridgehead atoms. The maximum Gasteiger partial charge on any atom is 0.279 e. The molecule has 0 saturated heterocycles. The van der Waals surface area contributed by atoms with Crippen molar-refractivity contribution in [3.63, 3.8) is 0 Å². The largest absolute Gasteiger partial charge is 0.294 e. The molecule has 3 aromatic rings. The van der Waals surface area contributed by atoms with Gasteiger partial charge in [-0.2, -0.15) is 0 Å². The van der Waals surface area contributed by atoms with Crippen molar-refractivity contribution < 1.29 is 0 Å². The minimum Gasteiger partial charge on any atom is -0.294 e. The molecule has 0 saturated carbocycles. The summed E-state index contributed by atoms with van der Waals surface area (Å²) in [6.45, 7) is 4.16. The second kappa shape index (κ2) is 6.06. The van der Waals surface area contributed by atoms with Gasteiger partial charge in [-0.15, -0.1) is 0 Å². The average Bonchev–Trinajstić information content (AvgIpc) is 2.86. The summed E-state index contributed by atoms with van der Waals surface area (Å²) < 4.78 is 1.65. The molecule has 3 heteroatoms. The van der Waals surface area contributed by atoms with Crippen LogP contribution in [0.1, 0.15) is 24.6 Å². The highest BCUT2D eigenvalue weighted by atomic mass is 16.1. The summed E-state index contributed by atoms with van der Waals surface area (Å²) in [5.74, 6) is 0. The van der Waals surface area contributed by atoms with Crippen LogP contribution in [0.15, 0.2) is 59.4 Å². The van der Waals surface area contributed by atoms with Crippen LogP contribution in [0.3, 0.4) is 0 Å². The van der Waals surface area contributed by atoms with Gasteiger partial charge in [0.25, 0.3) is 5.56 Å². The maximum atomic E-state index is 12.9. The van der Waals surface area contributed by atoms with E-state index in [0.717, 1.165) is 35.3 Å². The Morgan fingerprint density at radius 2 is 1.68 bits per heavy atom. The molecule has 3 rings (SSSR count). The van der Waals surface area contributed by atoms with Crippen LogP contribution in [0.25, 0.3) is 16.8 Å². The van der Waals surface area contributed by atoms with Crippen molar-refractivity contribution in [2.45, 2.75) is 26.7 Å². The number of nitrogens with zero attached hydrogens (tertiary/aromatic N) is 1. The number of rotatable bonds is 4. The third kappa shape index (κ3) is 2.62. The molecule has 0 unspecified atom stereocenters. The van der Waals surface area contributed by atoms with Crippen LogP contribution < -0.4 is 5.56 Å². The molecule has 0 aliphatic rings. The molecule has 1 aromatic heterocycles. The number of benzene rings is 2. The van der Waals surface area contributed by atoms with E-state index in [9.17, 15) is 4.79 Å². The molecule has 112 valence electrons. The first kappa shape index (κ1) is 14.4. The van der Waals surface area contributed by atoms with Crippen molar-refractivity contribution in [3.05, 3.63) is 76.2 Å². The zero-order valence-corrected chi connectivity index (χ0v) is 13.0. The number of aromatic amines is 1. The Bertz CT molecular complexity index is 811. The van der Waals surface area contributed by atoms with E-state index in [1.807, 2.05) is 61.5 Å². The lowest BCUT2D eigenvalue weighted by Crippen LogP contribution is -2.15. The lowest BCUT2D eigenvalue weighted by molar-refractivity contribution is 0.793. The first-order valence-corrected chi connectivity index (χ1v) is 7.67. The van der Waals surface area contributed by atoms with Crippen LogP contribution in [0.5, 0.6) is 0 Å². The summed E-state index contributed by atoms with van der Waals surface area (Å²) in [7, 11) is 0. The molecule has 0 amide bonds. The van der Waals surface area contributed by atoms with Crippen LogP contribution in [0.4, 0.5) is 0 Å². The Balaban J connectivity index is 2.18. The normalized spacial score (nSPS) is 10.8. The topological polar surface area (TPSA) is 37.8 Å². The molecule has 0 atom stereocenters. The number of hydrogen-bond acceptors (Lipinski definition) is 1. The van der Waals surface area contributed by atoms with Crippen molar-refractivity contribution in [1.29, 1.82) is 0 Å². The van der Waals surface area contributed by atoms with Crippen LogP contribution in [0, 0.1) is 6.92 Å². The second-order valence-electron chi connectivity index (χ2n) is 5.56. The Kier molecular flexibility index (Phi) is 3.96. The van der Waals surface area contributed by atoms with Crippen molar-refractivity contribution in [3.8, 4) is 16.8 Å². The fourth-order valence-electron chi connectivity index (χ4n) is 2.69. The molecular formula is C19H20N2O. The van der Waals surface area contributed by atoms with Crippen molar-refractivity contribution in [1.82, 2.24) is 9.78 Å². The summed E-state index contributed by atoms with van der Waals surface area (Å²) >= 11 is 0. The smallest absolute Gasteiger partial charge is 0.279 e. The minimum atomic E-state index is 0.0125. The van der Waals surface area contributed by atoms with Gasteiger partial charge in [0, 0.05) is 5.69 Å². The van der Waals surface area contributed by atoms with E-state index in [-0.39, 0.29) is 5.56 Å². The molecule has 0 fully saturated rings. The average molecular weight is 292 g/mol. The predicted octanol–water partition coefficient (Wildman–Crippen LogP) is 4.09. The standard InChI is InChI=1S/C19H20N2O/c1-3-7-17-18(15-8-5-4-6-9-15)19(22)21(20-17)16-12-10-14(2)11-13-16/h4-6,8-13,20H,3,7H2,1-2H3. The Morgan fingerprint density at radius 1 is 1.00 bits per heavy atom. The molecule has 0 spiro atoms. The third-order valence-electron chi connectivity index (χ3n) is 3.82. The van der Waals surface area contributed by atoms with Crippen molar-refractivity contribution in [2.75, 3.05) is 0 Å². The molecule has 1 N–H and O–H groups in total. The lowest BCUT2D eigenvalue weighted by atomic mass is 10.0. The van der Waals surface area contributed by atoms with Gasteiger partial charge in [-0.25, -0.2) is 4.68 Å². The Hall–Kier alpha value is -2.55. The fraction of sp³-hybridized carbons (Fsp3) is 0.211. The lowest BCUT2D eigenvalue weighted by Gasteiger charge is -2.02. The van der Waals surface area contributed by atoms with Gasteiger partial charge in [-0.1, -0.05) is 61.4 Å². The number of aryl methyl sites for hydroxylation is 2. The van der Waals surface area contributed by atoms with Crippen LogP contribution in [0.2, 0.25) is 0 Å². The van der Waals surface area contributed by atoms with Crippen molar-refractivity contribution >= 4 is 0 Å². The third-order valence-corrected chi connectivity index (χ3v) is 3.82. The van der Waals surface area contributed by atoms with E-state index in [1.54, 1.807) is 4.68 Å². The van der Waals surface area contributed by atoms with Gasteiger partial charge < -0.3 is 0 Å². The predicted molar refractivity (Wildman–Crippen MR) is 90.6 cm³/mol. The van der Waals surface area contributed by atoms with Crippen LogP contribution in [-0.2, 0) is 6.42 Å². The SMILES string of the molecule is CCCc1[nH]n(-c2ccc(C)cc2)c(=O)c1-c1ccccc1. The molecule has 0 aliphatic heterocycles. The van der Waals surface area contributed by atoms with Gasteiger partial charge in [0.1, 0.15) is 0 Å². The van der Waals surface area contributed by atoms with E-state index in [2.05, 4.69) is 12.0 Å². The molecule has 1 heterocycles. The summed E-state index contributed by atoms with van der Waals surface area (Å²) in [5.41, 5.74) is 4.81. The monoisotopic (exact) mass is 292 g/mol. The number of aromatic nitrogens is 2. The zero-order valence-electron chi connectivity index (χ0n) is 13.0. The second-order valence-corrected chi connectivity index (χ2v) is 5.56. The molecule has 2 aromatic carbocycles. The van der Waals surface area contributed by atoms with Gasteiger partial charge >= 0.3 is 0 Å². The first-order chi connectivity index (χ1) is 10.7. The first-order valence-electron chi connectivity index (χ1n) is 7.67. The van der Waals surface area contributed by atoms with Crippen LogP contribution >= 0.6 is 0 Å². The molecular weight excluding hydrogens is 272 g/mol. The summed E-state index contributed by atoms with van der Waals surface area (Å²) in [5, 5.41) is 3.29. The quantitative estimate of drug-likeness (QED) is 0.772. The molecule has 0 radical (unpaired) electrons. The van der Waals surface area contributed by atoms with E-state index < -0.39 is 0 Å². The highest BCUT2D eigenvalue weighted by Gasteiger charge is 2.16. The number of nitrogens with one attached hydrogen (secondary N) is 1. The zero-order chi connectivity index (χ0) is 15.5. The highest BCUT2D eigenvalue weighted by Crippen LogP contribution is 2.21. The van der Waals surface area contributed by atoms with E-state index in [0.29, 0.717) is 0 Å². The number of H-pyrrole nitrogens is 1.